The standard InChI is InChI=1S/C25H32BrF2N7O2S/c1-14(2)33-8-5-16(6-9-33)37-18-11-19(23(27)28)38-22(18)25(36)32-15-4-3-7-34(12-15)17-10-20(26)35-21(17)24(29)30-13-31-35/h10-11,13-16,23H,3-9,12H2,1-2H3,(H,32,36)(H2,29,30,31)/t15-/m1/s1. The van der Waals surface area contributed by atoms with Gasteiger partial charge in [-0.2, -0.15) is 5.10 Å². The van der Waals surface area contributed by atoms with Crippen LogP contribution < -0.4 is 20.7 Å². The number of hydrogen-bond donors (Lipinski definition) is 2. The third-order valence-corrected chi connectivity index (χ3v) is 8.94. The average Bonchev–Trinajstić information content (AvgIpc) is 3.47. The zero-order valence-corrected chi connectivity index (χ0v) is 23.8. The van der Waals surface area contributed by atoms with E-state index < -0.39 is 6.43 Å². The molecule has 2 fully saturated rings. The summed E-state index contributed by atoms with van der Waals surface area (Å²) in [5.41, 5.74) is 7.72. The maximum atomic E-state index is 13.6. The van der Waals surface area contributed by atoms with Crippen LogP contribution in [0.1, 0.15) is 60.5 Å². The van der Waals surface area contributed by atoms with Crippen molar-refractivity contribution in [3.63, 3.8) is 0 Å². The third kappa shape index (κ3) is 5.59. The third-order valence-electron chi connectivity index (χ3n) is 7.26. The van der Waals surface area contributed by atoms with Gasteiger partial charge in [0.1, 0.15) is 33.2 Å². The fourth-order valence-corrected chi connectivity index (χ4v) is 6.59. The monoisotopic (exact) mass is 611 g/mol. The number of nitrogens with zero attached hydrogens (tertiary/aromatic N) is 5. The molecule has 0 bridgehead atoms. The van der Waals surface area contributed by atoms with E-state index in [9.17, 15) is 13.6 Å². The van der Waals surface area contributed by atoms with Gasteiger partial charge in [0.25, 0.3) is 12.3 Å². The molecule has 38 heavy (non-hydrogen) atoms. The van der Waals surface area contributed by atoms with Gasteiger partial charge in [-0.3, -0.25) is 4.79 Å². The molecule has 0 aliphatic carbocycles. The molecule has 0 saturated carbocycles. The first-order valence-electron chi connectivity index (χ1n) is 12.9. The molecule has 2 saturated heterocycles. The molecule has 1 amide bonds. The molecule has 3 N–H and O–H groups in total. The second-order valence-corrected chi connectivity index (χ2v) is 12.0. The quantitative estimate of drug-likeness (QED) is 0.398. The van der Waals surface area contributed by atoms with Gasteiger partial charge >= 0.3 is 0 Å². The molecular formula is C25H32BrF2N7O2S. The number of thiophene rings is 1. The minimum absolute atomic E-state index is 0.101. The fraction of sp³-hybridized carbons (Fsp3) is 0.560. The van der Waals surface area contributed by atoms with Crippen molar-refractivity contribution in [1.29, 1.82) is 0 Å². The number of halogens is 3. The van der Waals surface area contributed by atoms with E-state index >= 15 is 0 Å². The minimum Gasteiger partial charge on any atom is -0.489 e. The van der Waals surface area contributed by atoms with Crippen molar-refractivity contribution in [2.45, 2.75) is 64.1 Å². The minimum atomic E-state index is -2.66. The number of hydrogen-bond acceptors (Lipinski definition) is 8. The van der Waals surface area contributed by atoms with Crippen LogP contribution in [0.5, 0.6) is 5.75 Å². The lowest BCUT2D eigenvalue weighted by molar-refractivity contribution is 0.0814. The molecule has 13 heteroatoms. The zero-order chi connectivity index (χ0) is 27.0. The number of amides is 1. The summed E-state index contributed by atoms with van der Waals surface area (Å²) in [6.45, 7) is 7.41. The molecular weight excluding hydrogens is 580 g/mol. The Labute approximate surface area is 232 Å². The Morgan fingerprint density at radius 1 is 1.24 bits per heavy atom. The Hall–Kier alpha value is -2.51. The molecule has 2 aliphatic heterocycles. The molecule has 3 aromatic rings. The Morgan fingerprint density at radius 2 is 2.00 bits per heavy atom. The molecule has 0 unspecified atom stereocenters. The zero-order valence-electron chi connectivity index (χ0n) is 21.4. The highest BCUT2D eigenvalue weighted by Gasteiger charge is 2.30. The van der Waals surface area contributed by atoms with Gasteiger partial charge in [-0.15, -0.1) is 11.3 Å². The number of fused-ring (bicyclic) bond motifs is 1. The Kier molecular flexibility index (Phi) is 8.06. The smallest absolute Gasteiger partial charge is 0.272 e. The molecule has 9 nitrogen and oxygen atoms in total. The summed E-state index contributed by atoms with van der Waals surface area (Å²) in [6.07, 6.45) is 1.85. The number of carbonyl (C=O) groups is 1. The first kappa shape index (κ1) is 27.1. The molecule has 206 valence electrons. The highest BCUT2D eigenvalue weighted by atomic mass is 79.9. The van der Waals surface area contributed by atoms with Crippen molar-refractivity contribution in [2.75, 3.05) is 36.8 Å². The van der Waals surface area contributed by atoms with Gasteiger partial charge in [0, 0.05) is 44.3 Å². The van der Waals surface area contributed by atoms with E-state index in [0.717, 1.165) is 66.9 Å². The molecule has 0 spiro atoms. The van der Waals surface area contributed by atoms with Crippen molar-refractivity contribution < 1.29 is 18.3 Å². The summed E-state index contributed by atoms with van der Waals surface area (Å²) >= 11 is 4.33. The first-order chi connectivity index (χ1) is 18.2. The lowest BCUT2D eigenvalue weighted by atomic mass is 10.0. The SMILES string of the molecule is CC(C)N1CCC(Oc2cc(C(F)F)sc2C(=O)N[C@@H]2CCCN(c3cc(Br)n4ncnc(N)c34)C2)CC1. The predicted molar refractivity (Wildman–Crippen MR) is 147 cm³/mol. The van der Waals surface area contributed by atoms with Gasteiger partial charge in [0.2, 0.25) is 0 Å². The second-order valence-electron chi connectivity index (χ2n) is 10.1. The number of aromatic nitrogens is 3. The van der Waals surface area contributed by atoms with E-state index in [1.165, 1.54) is 12.4 Å². The molecule has 0 radical (unpaired) electrons. The molecule has 5 heterocycles. The number of ether oxygens (including phenoxy) is 1. The van der Waals surface area contributed by atoms with Crippen molar-refractivity contribution in [3.8, 4) is 5.75 Å². The van der Waals surface area contributed by atoms with Crippen LogP contribution in [-0.4, -0.2) is 69.8 Å². The van der Waals surface area contributed by atoms with E-state index in [4.69, 9.17) is 10.5 Å². The lowest BCUT2D eigenvalue weighted by Crippen LogP contribution is -2.47. The van der Waals surface area contributed by atoms with Crippen LogP contribution >= 0.6 is 27.3 Å². The van der Waals surface area contributed by atoms with E-state index in [0.29, 0.717) is 23.9 Å². The lowest BCUT2D eigenvalue weighted by Gasteiger charge is -2.35. The van der Waals surface area contributed by atoms with E-state index in [-0.39, 0.29) is 33.6 Å². The molecule has 0 aromatic carbocycles. The van der Waals surface area contributed by atoms with Crippen LogP contribution in [0.15, 0.2) is 23.1 Å². The van der Waals surface area contributed by atoms with Crippen LogP contribution in [-0.2, 0) is 0 Å². The summed E-state index contributed by atoms with van der Waals surface area (Å²) in [4.78, 5) is 22.0. The van der Waals surface area contributed by atoms with E-state index in [2.05, 4.69) is 55.0 Å². The number of nitrogens with two attached hydrogens (primary N) is 1. The Morgan fingerprint density at radius 3 is 2.71 bits per heavy atom. The topological polar surface area (TPSA) is 101 Å². The van der Waals surface area contributed by atoms with Gasteiger partial charge in [-0.1, -0.05) is 0 Å². The number of alkyl halides is 2. The second kappa shape index (κ2) is 11.3. The summed E-state index contributed by atoms with van der Waals surface area (Å²) in [5.74, 6) is 0.242. The van der Waals surface area contributed by atoms with Crippen LogP contribution in [0.4, 0.5) is 20.3 Å². The van der Waals surface area contributed by atoms with Gasteiger partial charge in [0.05, 0.1) is 10.6 Å². The van der Waals surface area contributed by atoms with Gasteiger partial charge in [-0.05, 0) is 61.5 Å². The highest BCUT2D eigenvalue weighted by Crippen LogP contribution is 2.37. The predicted octanol–water partition coefficient (Wildman–Crippen LogP) is 4.72. The Bertz CT molecular complexity index is 1290. The fourth-order valence-electron chi connectivity index (χ4n) is 5.25. The van der Waals surface area contributed by atoms with Gasteiger partial charge in [-0.25, -0.2) is 18.3 Å². The highest BCUT2D eigenvalue weighted by molar-refractivity contribution is 9.10. The molecule has 1 atom stereocenters. The van der Waals surface area contributed by atoms with Crippen LogP contribution in [0.3, 0.4) is 0 Å². The number of rotatable bonds is 7. The van der Waals surface area contributed by atoms with Crippen LogP contribution in [0.25, 0.3) is 5.52 Å². The van der Waals surface area contributed by atoms with Crippen molar-refractivity contribution in [3.05, 3.63) is 32.8 Å². The number of anilines is 2. The molecule has 3 aromatic heterocycles. The summed E-state index contributed by atoms with van der Waals surface area (Å²) < 4.78 is 35.8. The van der Waals surface area contributed by atoms with Crippen molar-refractivity contribution >= 4 is 50.2 Å². The van der Waals surface area contributed by atoms with E-state index in [1.54, 1.807) is 4.52 Å². The van der Waals surface area contributed by atoms with Crippen LogP contribution in [0, 0.1) is 0 Å². The summed E-state index contributed by atoms with van der Waals surface area (Å²) in [7, 11) is 0. The number of nitrogens with one attached hydrogen (secondary N) is 1. The maximum absolute atomic E-state index is 13.6. The van der Waals surface area contributed by atoms with Crippen LogP contribution in [0.2, 0.25) is 0 Å². The van der Waals surface area contributed by atoms with Crippen molar-refractivity contribution in [1.82, 2.24) is 24.8 Å². The van der Waals surface area contributed by atoms with Gasteiger partial charge in [0.15, 0.2) is 5.82 Å². The largest absolute Gasteiger partial charge is 0.489 e. The number of nitrogen functional groups attached to an aromatic ring is 1. The average molecular weight is 613 g/mol. The number of carbonyl (C=O) groups excluding carboxylic acids is 1. The number of piperidine rings is 2. The normalized spacial score (nSPS) is 19.6. The Balaban J connectivity index is 1.30. The van der Waals surface area contributed by atoms with Crippen molar-refractivity contribution in [2.24, 2.45) is 0 Å². The maximum Gasteiger partial charge on any atom is 0.272 e. The summed E-state index contributed by atoms with van der Waals surface area (Å²) in [6, 6.07) is 3.55. The molecule has 5 rings (SSSR count). The summed E-state index contributed by atoms with van der Waals surface area (Å²) in [5, 5.41) is 7.33. The molecule has 2 aliphatic rings. The first-order valence-corrected chi connectivity index (χ1v) is 14.5. The van der Waals surface area contributed by atoms with Gasteiger partial charge < -0.3 is 25.6 Å². The number of likely N-dealkylation sites (tertiary alicyclic amines) is 1. The van der Waals surface area contributed by atoms with E-state index in [1.807, 2.05) is 6.07 Å².